The molecule has 0 aromatic heterocycles. The molecular formula is C23H29N3O. The van der Waals surface area contributed by atoms with Crippen molar-refractivity contribution in [1.29, 1.82) is 0 Å². The summed E-state index contributed by atoms with van der Waals surface area (Å²) in [5, 5.41) is 6.70. The van der Waals surface area contributed by atoms with Gasteiger partial charge in [-0.2, -0.15) is 0 Å². The van der Waals surface area contributed by atoms with Gasteiger partial charge in [-0.25, -0.2) is 0 Å². The third-order valence-electron chi connectivity index (χ3n) is 5.80. The third-order valence-corrected chi connectivity index (χ3v) is 5.80. The smallest absolute Gasteiger partial charge is 0.220 e. The molecule has 0 aliphatic carbocycles. The minimum atomic E-state index is 0.199. The van der Waals surface area contributed by atoms with E-state index < -0.39 is 0 Å². The molecule has 2 aliphatic heterocycles. The van der Waals surface area contributed by atoms with Crippen LogP contribution in [0.4, 0.5) is 5.69 Å². The number of carbonyl (C=O) groups is 1. The van der Waals surface area contributed by atoms with Gasteiger partial charge in [-0.3, -0.25) is 4.79 Å². The highest BCUT2D eigenvalue weighted by Gasteiger charge is 2.23. The minimum Gasteiger partial charge on any atom is -0.371 e. The van der Waals surface area contributed by atoms with Crippen LogP contribution in [-0.2, 0) is 4.79 Å². The van der Waals surface area contributed by atoms with Crippen LogP contribution in [0.2, 0.25) is 0 Å². The monoisotopic (exact) mass is 363 g/mol. The Labute approximate surface area is 162 Å². The second kappa shape index (κ2) is 8.13. The molecule has 4 heteroatoms. The summed E-state index contributed by atoms with van der Waals surface area (Å²) in [6.07, 6.45) is 3.95. The normalized spacial score (nSPS) is 20.7. The van der Waals surface area contributed by atoms with Crippen molar-refractivity contribution < 1.29 is 4.79 Å². The number of nitrogens with zero attached hydrogens (tertiary/aromatic N) is 1. The zero-order valence-corrected chi connectivity index (χ0v) is 16.1. The molecule has 1 unspecified atom stereocenters. The van der Waals surface area contributed by atoms with E-state index in [-0.39, 0.29) is 5.91 Å². The quantitative estimate of drug-likeness (QED) is 0.855. The van der Waals surface area contributed by atoms with Gasteiger partial charge in [-0.1, -0.05) is 42.0 Å². The highest BCUT2D eigenvalue weighted by molar-refractivity contribution is 5.78. The molecule has 0 radical (unpaired) electrons. The van der Waals surface area contributed by atoms with Gasteiger partial charge in [0.1, 0.15) is 0 Å². The summed E-state index contributed by atoms with van der Waals surface area (Å²) in [7, 11) is 0. The molecule has 142 valence electrons. The van der Waals surface area contributed by atoms with Gasteiger partial charge in [0.2, 0.25) is 5.91 Å². The first-order valence-corrected chi connectivity index (χ1v) is 10.1. The topological polar surface area (TPSA) is 44.4 Å². The molecule has 0 spiro atoms. The maximum absolute atomic E-state index is 11.3. The van der Waals surface area contributed by atoms with Crippen LogP contribution in [0, 0.1) is 6.92 Å². The van der Waals surface area contributed by atoms with Crippen LogP contribution in [0.3, 0.4) is 0 Å². The standard InChI is InChI=1S/C23H29N3O/c1-17-4-2-5-18(14-17)19-6-3-7-22(15-19)26-12-10-20(11-13-26)24-16-21-8-9-23(27)25-21/h2-7,14-15,20-21,24H,8-13,16H2,1H3,(H,25,27). The molecule has 2 aromatic carbocycles. The average molecular weight is 364 g/mol. The van der Waals surface area contributed by atoms with Gasteiger partial charge in [0.15, 0.2) is 0 Å². The molecule has 1 atom stereocenters. The van der Waals surface area contributed by atoms with E-state index in [9.17, 15) is 4.79 Å². The Hall–Kier alpha value is -2.33. The van der Waals surface area contributed by atoms with E-state index in [1.165, 1.54) is 22.4 Å². The van der Waals surface area contributed by atoms with Gasteiger partial charge in [-0.05, 0) is 49.4 Å². The molecule has 0 saturated carbocycles. The lowest BCUT2D eigenvalue weighted by Crippen LogP contribution is -2.46. The van der Waals surface area contributed by atoms with E-state index >= 15 is 0 Å². The molecule has 0 bridgehead atoms. The van der Waals surface area contributed by atoms with Crippen molar-refractivity contribution in [2.75, 3.05) is 24.5 Å². The Bertz CT molecular complexity index is 796. The zero-order valence-electron chi connectivity index (χ0n) is 16.1. The lowest BCUT2D eigenvalue weighted by molar-refractivity contribution is -0.119. The molecule has 27 heavy (non-hydrogen) atoms. The summed E-state index contributed by atoms with van der Waals surface area (Å²) >= 11 is 0. The van der Waals surface area contributed by atoms with E-state index in [4.69, 9.17) is 0 Å². The molecule has 4 nitrogen and oxygen atoms in total. The fraction of sp³-hybridized carbons (Fsp3) is 0.435. The fourth-order valence-corrected chi connectivity index (χ4v) is 4.19. The van der Waals surface area contributed by atoms with Gasteiger partial charge in [0.25, 0.3) is 0 Å². The molecule has 2 fully saturated rings. The number of amides is 1. The van der Waals surface area contributed by atoms with E-state index in [2.05, 4.69) is 71.0 Å². The maximum atomic E-state index is 11.3. The fourth-order valence-electron chi connectivity index (χ4n) is 4.19. The highest BCUT2D eigenvalue weighted by atomic mass is 16.1. The number of aryl methyl sites for hydroxylation is 1. The first kappa shape index (κ1) is 18.1. The lowest BCUT2D eigenvalue weighted by Gasteiger charge is -2.34. The summed E-state index contributed by atoms with van der Waals surface area (Å²) in [5.41, 5.74) is 5.18. The van der Waals surface area contributed by atoms with Crippen molar-refractivity contribution >= 4 is 11.6 Å². The maximum Gasteiger partial charge on any atom is 0.220 e. The lowest BCUT2D eigenvalue weighted by atomic mass is 10.0. The number of nitrogens with one attached hydrogen (secondary N) is 2. The predicted octanol–water partition coefficient (Wildman–Crippen LogP) is 3.50. The second-order valence-electron chi connectivity index (χ2n) is 7.89. The Balaban J connectivity index is 1.33. The van der Waals surface area contributed by atoms with Gasteiger partial charge in [0.05, 0.1) is 0 Å². The average Bonchev–Trinajstić information content (AvgIpc) is 3.12. The Morgan fingerprint density at radius 2 is 1.78 bits per heavy atom. The van der Waals surface area contributed by atoms with E-state index in [0.29, 0.717) is 18.5 Å². The summed E-state index contributed by atoms with van der Waals surface area (Å²) in [4.78, 5) is 13.8. The number of anilines is 1. The van der Waals surface area contributed by atoms with Gasteiger partial charge in [-0.15, -0.1) is 0 Å². The largest absolute Gasteiger partial charge is 0.371 e. The van der Waals surface area contributed by atoms with Gasteiger partial charge < -0.3 is 15.5 Å². The highest BCUT2D eigenvalue weighted by Crippen LogP contribution is 2.27. The van der Waals surface area contributed by atoms with Crippen molar-refractivity contribution in [3.63, 3.8) is 0 Å². The summed E-state index contributed by atoms with van der Waals surface area (Å²) in [6.45, 7) is 5.19. The van der Waals surface area contributed by atoms with E-state index in [1.807, 2.05) is 0 Å². The molecule has 2 aliphatic rings. The third kappa shape index (κ3) is 4.51. The SMILES string of the molecule is Cc1cccc(-c2cccc(N3CCC(NCC4CCC(=O)N4)CC3)c2)c1. The Morgan fingerprint density at radius 1 is 1.04 bits per heavy atom. The number of rotatable bonds is 5. The van der Waals surface area contributed by atoms with E-state index in [1.54, 1.807) is 0 Å². The number of benzene rings is 2. The van der Waals surface area contributed by atoms with Crippen LogP contribution in [0.15, 0.2) is 48.5 Å². The van der Waals surface area contributed by atoms with E-state index in [0.717, 1.165) is 38.9 Å². The van der Waals surface area contributed by atoms with Crippen LogP contribution in [0.5, 0.6) is 0 Å². The molecule has 2 N–H and O–H groups in total. The molecule has 2 heterocycles. The van der Waals surface area contributed by atoms with Crippen LogP contribution < -0.4 is 15.5 Å². The number of piperidine rings is 1. The predicted molar refractivity (Wildman–Crippen MR) is 111 cm³/mol. The van der Waals surface area contributed by atoms with Crippen molar-refractivity contribution in [2.45, 2.75) is 44.7 Å². The van der Waals surface area contributed by atoms with Crippen molar-refractivity contribution in [1.82, 2.24) is 10.6 Å². The summed E-state index contributed by atoms with van der Waals surface area (Å²) in [6, 6.07) is 18.5. The second-order valence-corrected chi connectivity index (χ2v) is 7.89. The van der Waals surface area contributed by atoms with Crippen LogP contribution >= 0.6 is 0 Å². The summed E-state index contributed by atoms with van der Waals surface area (Å²) in [5.74, 6) is 0.199. The summed E-state index contributed by atoms with van der Waals surface area (Å²) < 4.78 is 0. The molecule has 2 aromatic rings. The van der Waals surface area contributed by atoms with Crippen molar-refractivity contribution in [3.8, 4) is 11.1 Å². The van der Waals surface area contributed by atoms with Crippen LogP contribution in [0.25, 0.3) is 11.1 Å². The molecule has 2 saturated heterocycles. The van der Waals surface area contributed by atoms with Gasteiger partial charge >= 0.3 is 0 Å². The van der Waals surface area contributed by atoms with Gasteiger partial charge in [0, 0.05) is 43.8 Å². The Kier molecular flexibility index (Phi) is 5.44. The van der Waals surface area contributed by atoms with Crippen LogP contribution in [0.1, 0.15) is 31.2 Å². The molecule has 1 amide bonds. The minimum absolute atomic E-state index is 0.199. The molecular weight excluding hydrogens is 334 g/mol. The van der Waals surface area contributed by atoms with Crippen molar-refractivity contribution in [2.24, 2.45) is 0 Å². The Morgan fingerprint density at radius 3 is 2.48 bits per heavy atom. The number of hydrogen-bond donors (Lipinski definition) is 2. The van der Waals surface area contributed by atoms with Crippen molar-refractivity contribution in [3.05, 3.63) is 54.1 Å². The zero-order chi connectivity index (χ0) is 18.6. The van der Waals surface area contributed by atoms with Crippen LogP contribution in [-0.4, -0.2) is 37.6 Å². The first-order valence-electron chi connectivity index (χ1n) is 10.1. The first-order chi connectivity index (χ1) is 13.2. The number of hydrogen-bond acceptors (Lipinski definition) is 3. The molecule has 4 rings (SSSR count). The number of carbonyl (C=O) groups excluding carboxylic acids is 1.